The highest BCUT2D eigenvalue weighted by Crippen LogP contribution is 2.30. The van der Waals surface area contributed by atoms with Crippen LogP contribution in [0.25, 0.3) is 21.8 Å². The molecule has 0 fully saturated rings. The number of nitrogens with zero attached hydrogens (tertiary/aromatic N) is 1. The quantitative estimate of drug-likeness (QED) is 0.532. The minimum atomic E-state index is -0.0345. The van der Waals surface area contributed by atoms with E-state index in [0.29, 0.717) is 5.56 Å². The Morgan fingerprint density at radius 1 is 0.875 bits per heavy atom. The van der Waals surface area contributed by atoms with Gasteiger partial charge in [0.2, 0.25) is 0 Å². The summed E-state index contributed by atoms with van der Waals surface area (Å²) >= 11 is 0. The van der Waals surface area contributed by atoms with E-state index in [1.165, 1.54) is 5.56 Å². The Morgan fingerprint density at radius 3 is 2.33 bits per heavy atom. The molecule has 0 unspecified atom stereocenters. The number of rotatable bonds is 2. The molecule has 118 valence electrons. The van der Waals surface area contributed by atoms with Crippen LogP contribution in [0.5, 0.6) is 5.75 Å². The molecule has 0 aliphatic heterocycles. The van der Waals surface area contributed by atoms with Crippen LogP contribution < -0.4 is 4.74 Å². The predicted octanol–water partition coefficient (Wildman–Crippen LogP) is 4.80. The molecule has 3 nitrogen and oxygen atoms in total. The average molecular weight is 315 g/mol. The van der Waals surface area contributed by atoms with Crippen LogP contribution in [0, 0.1) is 6.92 Å². The van der Waals surface area contributed by atoms with Gasteiger partial charge >= 0.3 is 0 Å². The van der Waals surface area contributed by atoms with Crippen molar-refractivity contribution in [3.8, 4) is 5.75 Å². The van der Waals surface area contributed by atoms with Gasteiger partial charge in [-0.2, -0.15) is 0 Å². The number of ether oxygens (including phenoxy) is 1. The second-order valence-electron chi connectivity index (χ2n) is 5.91. The number of aryl methyl sites for hydroxylation is 1. The summed E-state index contributed by atoms with van der Waals surface area (Å²) in [7, 11) is 1.62. The molecule has 3 heteroatoms. The third-order valence-corrected chi connectivity index (χ3v) is 4.37. The van der Waals surface area contributed by atoms with Gasteiger partial charge in [-0.05, 0) is 49.4 Å². The largest absolute Gasteiger partial charge is 0.497 e. The topological polar surface area (TPSA) is 31.2 Å². The van der Waals surface area contributed by atoms with E-state index in [9.17, 15) is 4.79 Å². The van der Waals surface area contributed by atoms with Gasteiger partial charge < -0.3 is 4.74 Å². The molecule has 3 aromatic carbocycles. The molecule has 0 atom stereocenters. The van der Waals surface area contributed by atoms with Crippen LogP contribution in [0.4, 0.5) is 0 Å². The van der Waals surface area contributed by atoms with E-state index in [4.69, 9.17) is 4.74 Å². The molecule has 0 aliphatic carbocycles. The second kappa shape index (κ2) is 5.53. The minimum absolute atomic E-state index is 0.0345. The Kier molecular flexibility index (Phi) is 3.35. The van der Waals surface area contributed by atoms with E-state index in [1.807, 2.05) is 42.5 Å². The molecule has 4 rings (SSSR count). The Labute approximate surface area is 140 Å². The highest BCUT2D eigenvalue weighted by molar-refractivity contribution is 6.16. The zero-order chi connectivity index (χ0) is 16.7. The van der Waals surface area contributed by atoms with Crippen molar-refractivity contribution in [3.63, 3.8) is 0 Å². The molecule has 0 radical (unpaired) electrons. The monoisotopic (exact) mass is 315 g/mol. The van der Waals surface area contributed by atoms with Crippen molar-refractivity contribution >= 4 is 27.7 Å². The summed E-state index contributed by atoms with van der Waals surface area (Å²) in [6.07, 6.45) is 0. The zero-order valence-corrected chi connectivity index (χ0v) is 13.6. The van der Waals surface area contributed by atoms with Crippen molar-refractivity contribution in [1.29, 1.82) is 0 Å². The number of aromatic nitrogens is 1. The molecular weight excluding hydrogens is 298 g/mol. The lowest BCUT2D eigenvalue weighted by Crippen LogP contribution is -2.11. The number of carbonyl (C=O) groups excluding carboxylic acids is 1. The Hall–Kier alpha value is -3.07. The first kappa shape index (κ1) is 14.5. The van der Waals surface area contributed by atoms with Gasteiger partial charge in [0.05, 0.1) is 18.1 Å². The lowest BCUT2D eigenvalue weighted by Gasteiger charge is -2.07. The first-order valence-electron chi connectivity index (χ1n) is 7.87. The SMILES string of the molecule is COc1ccc(C(=O)n2c3ccccc3c3cc(C)ccc32)cc1. The Bertz CT molecular complexity index is 1060. The molecular formula is C21H17NO2. The molecule has 0 spiro atoms. The minimum Gasteiger partial charge on any atom is -0.497 e. The fourth-order valence-corrected chi connectivity index (χ4v) is 3.17. The average Bonchev–Trinajstić information content (AvgIpc) is 2.95. The molecule has 0 bridgehead atoms. The van der Waals surface area contributed by atoms with Crippen molar-refractivity contribution in [2.24, 2.45) is 0 Å². The van der Waals surface area contributed by atoms with E-state index >= 15 is 0 Å². The van der Waals surface area contributed by atoms with Crippen LogP contribution in [0.15, 0.2) is 66.7 Å². The van der Waals surface area contributed by atoms with E-state index in [0.717, 1.165) is 27.6 Å². The maximum Gasteiger partial charge on any atom is 0.262 e. The summed E-state index contributed by atoms with van der Waals surface area (Å²) < 4.78 is 6.97. The van der Waals surface area contributed by atoms with Gasteiger partial charge in [0.15, 0.2) is 0 Å². The molecule has 0 saturated heterocycles. The molecule has 0 amide bonds. The van der Waals surface area contributed by atoms with Gasteiger partial charge in [0, 0.05) is 16.3 Å². The van der Waals surface area contributed by atoms with E-state index in [-0.39, 0.29) is 5.91 Å². The van der Waals surface area contributed by atoms with Gasteiger partial charge in [-0.3, -0.25) is 9.36 Å². The second-order valence-corrected chi connectivity index (χ2v) is 5.91. The smallest absolute Gasteiger partial charge is 0.262 e. The Balaban J connectivity index is 1.98. The van der Waals surface area contributed by atoms with E-state index < -0.39 is 0 Å². The number of hydrogen-bond donors (Lipinski definition) is 0. The molecule has 4 aromatic rings. The molecule has 1 aromatic heterocycles. The summed E-state index contributed by atoms with van der Waals surface area (Å²) in [5.41, 5.74) is 3.68. The molecule has 0 aliphatic rings. The number of benzene rings is 3. The molecule has 24 heavy (non-hydrogen) atoms. The van der Waals surface area contributed by atoms with Crippen molar-refractivity contribution in [3.05, 3.63) is 77.9 Å². The van der Waals surface area contributed by atoms with Crippen LogP contribution in [-0.2, 0) is 0 Å². The lowest BCUT2D eigenvalue weighted by molar-refractivity contribution is 0.0969. The number of fused-ring (bicyclic) bond motifs is 3. The summed E-state index contributed by atoms with van der Waals surface area (Å²) in [6, 6.07) is 21.4. The summed E-state index contributed by atoms with van der Waals surface area (Å²) in [5, 5.41) is 2.20. The van der Waals surface area contributed by atoms with E-state index in [1.54, 1.807) is 23.8 Å². The predicted molar refractivity (Wildman–Crippen MR) is 96.9 cm³/mol. The Morgan fingerprint density at radius 2 is 1.58 bits per heavy atom. The lowest BCUT2D eigenvalue weighted by atomic mass is 10.1. The molecule has 0 N–H and O–H groups in total. The van der Waals surface area contributed by atoms with Crippen LogP contribution in [0.2, 0.25) is 0 Å². The number of methoxy groups -OCH3 is 1. The van der Waals surface area contributed by atoms with Gasteiger partial charge in [-0.15, -0.1) is 0 Å². The van der Waals surface area contributed by atoms with Crippen molar-refractivity contribution in [2.45, 2.75) is 6.92 Å². The van der Waals surface area contributed by atoms with Crippen molar-refractivity contribution < 1.29 is 9.53 Å². The third-order valence-electron chi connectivity index (χ3n) is 4.37. The number of hydrogen-bond acceptors (Lipinski definition) is 2. The first-order valence-corrected chi connectivity index (χ1v) is 7.87. The highest BCUT2D eigenvalue weighted by Gasteiger charge is 2.17. The molecule has 1 heterocycles. The number of carbonyl (C=O) groups is 1. The maximum atomic E-state index is 13.1. The summed E-state index contributed by atoms with van der Waals surface area (Å²) in [4.78, 5) is 13.1. The summed E-state index contributed by atoms with van der Waals surface area (Å²) in [5.74, 6) is 0.706. The first-order chi connectivity index (χ1) is 11.7. The fourth-order valence-electron chi connectivity index (χ4n) is 3.17. The fraction of sp³-hybridized carbons (Fsp3) is 0.0952. The van der Waals surface area contributed by atoms with Crippen molar-refractivity contribution in [2.75, 3.05) is 7.11 Å². The third kappa shape index (κ3) is 2.17. The van der Waals surface area contributed by atoms with Crippen LogP contribution in [0.1, 0.15) is 15.9 Å². The maximum absolute atomic E-state index is 13.1. The summed E-state index contributed by atoms with van der Waals surface area (Å²) in [6.45, 7) is 2.07. The standard InChI is InChI=1S/C21H17NO2/c1-14-7-12-20-18(13-14)17-5-3-4-6-19(17)22(20)21(23)15-8-10-16(24-2)11-9-15/h3-13H,1-2H3. The van der Waals surface area contributed by atoms with Crippen LogP contribution in [0.3, 0.4) is 0 Å². The zero-order valence-electron chi connectivity index (χ0n) is 13.6. The van der Waals surface area contributed by atoms with E-state index in [2.05, 4.69) is 19.1 Å². The van der Waals surface area contributed by atoms with Gasteiger partial charge in [0.25, 0.3) is 5.91 Å². The van der Waals surface area contributed by atoms with Gasteiger partial charge in [-0.1, -0.05) is 29.8 Å². The molecule has 0 saturated carbocycles. The number of para-hydroxylation sites is 1. The van der Waals surface area contributed by atoms with Crippen LogP contribution >= 0.6 is 0 Å². The van der Waals surface area contributed by atoms with Gasteiger partial charge in [-0.25, -0.2) is 0 Å². The van der Waals surface area contributed by atoms with Crippen LogP contribution in [-0.4, -0.2) is 17.6 Å². The highest BCUT2D eigenvalue weighted by atomic mass is 16.5. The van der Waals surface area contributed by atoms with Gasteiger partial charge in [0.1, 0.15) is 5.75 Å². The van der Waals surface area contributed by atoms with Crippen molar-refractivity contribution in [1.82, 2.24) is 4.57 Å². The normalized spacial score (nSPS) is 11.1.